The number of ketones is 1. The summed E-state index contributed by atoms with van der Waals surface area (Å²) in [6, 6.07) is 0. The van der Waals surface area contributed by atoms with E-state index in [1.807, 2.05) is 0 Å². The van der Waals surface area contributed by atoms with Crippen molar-refractivity contribution in [3.8, 4) is 0 Å². The van der Waals surface area contributed by atoms with Crippen molar-refractivity contribution in [2.45, 2.75) is 73.1 Å². The SMILES string of the molecule is CCC1(CC2CC(C)C2(C)C)CCC(=O)CC1C. The fourth-order valence-electron chi connectivity index (χ4n) is 4.38. The fourth-order valence-corrected chi connectivity index (χ4v) is 4.38. The molecule has 4 atom stereocenters. The molecule has 0 saturated heterocycles. The lowest BCUT2D eigenvalue weighted by Crippen LogP contribution is -2.48. The third-order valence-corrected chi connectivity index (χ3v) is 6.80. The Morgan fingerprint density at radius 1 is 1.22 bits per heavy atom. The lowest BCUT2D eigenvalue weighted by atomic mass is 9.49. The Bertz CT molecular complexity index is 331. The van der Waals surface area contributed by atoms with E-state index in [0.29, 0.717) is 22.5 Å². The highest BCUT2D eigenvalue weighted by Crippen LogP contribution is 2.58. The first-order valence-electron chi connectivity index (χ1n) is 7.83. The molecule has 0 heterocycles. The maximum absolute atomic E-state index is 11.6. The number of carbonyl (C=O) groups excluding carboxylic acids is 1. The Morgan fingerprint density at radius 2 is 1.89 bits per heavy atom. The van der Waals surface area contributed by atoms with E-state index in [1.54, 1.807) is 0 Å². The van der Waals surface area contributed by atoms with Crippen LogP contribution in [0, 0.1) is 28.6 Å². The zero-order chi connectivity index (χ0) is 13.6. The predicted molar refractivity (Wildman–Crippen MR) is 76.4 cm³/mol. The standard InChI is InChI=1S/C17H30O/c1-6-17(8-7-15(18)10-13(17)3)11-14-9-12(2)16(14,4)5/h12-14H,6-11H2,1-5H3. The van der Waals surface area contributed by atoms with E-state index in [4.69, 9.17) is 0 Å². The van der Waals surface area contributed by atoms with Crippen LogP contribution in [0.1, 0.15) is 73.1 Å². The van der Waals surface area contributed by atoms with Gasteiger partial charge in [0.1, 0.15) is 5.78 Å². The van der Waals surface area contributed by atoms with E-state index < -0.39 is 0 Å². The van der Waals surface area contributed by atoms with E-state index in [0.717, 1.165) is 31.1 Å². The van der Waals surface area contributed by atoms with Crippen LogP contribution in [0.5, 0.6) is 0 Å². The highest BCUT2D eigenvalue weighted by Gasteiger charge is 2.50. The predicted octanol–water partition coefficient (Wildman–Crippen LogP) is 4.84. The van der Waals surface area contributed by atoms with Crippen molar-refractivity contribution in [2.75, 3.05) is 0 Å². The molecule has 2 saturated carbocycles. The van der Waals surface area contributed by atoms with Gasteiger partial charge in [-0.1, -0.05) is 41.0 Å². The highest BCUT2D eigenvalue weighted by atomic mass is 16.1. The molecule has 0 spiro atoms. The third-order valence-electron chi connectivity index (χ3n) is 6.80. The number of rotatable bonds is 3. The first-order chi connectivity index (χ1) is 8.32. The van der Waals surface area contributed by atoms with Gasteiger partial charge in [0.15, 0.2) is 0 Å². The molecule has 0 aromatic rings. The lowest BCUT2D eigenvalue weighted by Gasteiger charge is -2.56. The van der Waals surface area contributed by atoms with Crippen LogP contribution >= 0.6 is 0 Å². The van der Waals surface area contributed by atoms with Gasteiger partial charge in [-0.05, 0) is 47.8 Å². The van der Waals surface area contributed by atoms with Crippen molar-refractivity contribution >= 4 is 5.78 Å². The molecule has 2 rings (SSSR count). The summed E-state index contributed by atoms with van der Waals surface area (Å²) in [4.78, 5) is 11.6. The molecule has 0 amide bonds. The van der Waals surface area contributed by atoms with E-state index in [2.05, 4.69) is 34.6 Å². The van der Waals surface area contributed by atoms with Crippen LogP contribution in [-0.2, 0) is 4.79 Å². The Labute approximate surface area is 113 Å². The van der Waals surface area contributed by atoms with Gasteiger partial charge < -0.3 is 0 Å². The molecule has 0 bridgehead atoms. The van der Waals surface area contributed by atoms with Crippen molar-refractivity contribution in [2.24, 2.45) is 28.6 Å². The molecule has 104 valence electrons. The van der Waals surface area contributed by atoms with Crippen molar-refractivity contribution in [1.82, 2.24) is 0 Å². The molecule has 0 aliphatic heterocycles. The topological polar surface area (TPSA) is 17.1 Å². The first kappa shape index (κ1) is 14.1. The van der Waals surface area contributed by atoms with E-state index in [1.165, 1.54) is 19.3 Å². The van der Waals surface area contributed by atoms with Gasteiger partial charge in [-0.25, -0.2) is 0 Å². The van der Waals surface area contributed by atoms with E-state index in [-0.39, 0.29) is 0 Å². The summed E-state index contributed by atoms with van der Waals surface area (Å²) < 4.78 is 0. The molecule has 4 unspecified atom stereocenters. The van der Waals surface area contributed by atoms with E-state index in [9.17, 15) is 4.79 Å². The minimum absolute atomic E-state index is 0.454. The smallest absolute Gasteiger partial charge is 0.133 e. The lowest BCUT2D eigenvalue weighted by molar-refractivity contribution is -0.127. The molecule has 0 aromatic heterocycles. The van der Waals surface area contributed by atoms with Crippen LogP contribution in [0.4, 0.5) is 0 Å². The van der Waals surface area contributed by atoms with Crippen LogP contribution in [0.2, 0.25) is 0 Å². The van der Waals surface area contributed by atoms with E-state index >= 15 is 0 Å². The maximum Gasteiger partial charge on any atom is 0.133 e. The van der Waals surface area contributed by atoms with Crippen LogP contribution in [0.25, 0.3) is 0 Å². The molecule has 0 N–H and O–H groups in total. The average molecular weight is 250 g/mol. The number of carbonyl (C=O) groups is 1. The second-order valence-corrected chi connectivity index (χ2v) is 7.72. The highest BCUT2D eigenvalue weighted by molar-refractivity contribution is 5.79. The molecule has 2 aliphatic rings. The number of hydrogen-bond donors (Lipinski definition) is 0. The van der Waals surface area contributed by atoms with Crippen LogP contribution < -0.4 is 0 Å². The van der Waals surface area contributed by atoms with Gasteiger partial charge in [-0.2, -0.15) is 0 Å². The molecule has 2 fully saturated rings. The first-order valence-corrected chi connectivity index (χ1v) is 7.83. The Morgan fingerprint density at radius 3 is 2.33 bits per heavy atom. The summed E-state index contributed by atoms with van der Waals surface area (Å²) in [5.41, 5.74) is 0.972. The van der Waals surface area contributed by atoms with Crippen molar-refractivity contribution < 1.29 is 4.79 Å². The van der Waals surface area contributed by atoms with Crippen molar-refractivity contribution in [3.05, 3.63) is 0 Å². The van der Waals surface area contributed by atoms with Crippen molar-refractivity contribution in [1.29, 1.82) is 0 Å². The Kier molecular flexibility index (Phi) is 3.64. The third kappa shape index (κ3) is 2.14. The monoisotopic (exact) mass is 250 g/mol. The van der Waals surface area contributed by atoms with Gasteiger partial charge in [0.25, 0.3) is 0 Å². The minimum Gasteiger partial charge on any atom is -0.300 e. The van der Waals surface area contributed by atoms with Gasteiger partial charge >= 0.3 is 0 Å². The average Bonchev–Trinajstić information content (AvgIpc) is 2.32. The minimum atomic E-state index is 0.454. The largest absolute Gasteiger partial charge is 0.300 e. The summed E-state index contributed by atoms with van der Waals surface area (Å²) in [6.07, 6.45) is 6.81. The summed E-state index contributed by atoms with van der Waals surface area (Å²) in [5, 5.41) is 0. The molecular formula is C17H30O. The molecular weight excluding hydrogens is 220 g/mol. The van der Waals surface area contributed by atoms with Crippen LogP contribution in [0.3, 0.4) is 0 Å². The zero-order valence-electron chi connectivity index (χ0n) is 12.9. The summed E-state index contributed by atoms with van der Waals surface area (Å²) in [7, 11) is 0. The summed E-state index contributed by atoms with van der Waals surface area (Å²) in [6.45, 7) is 11.9. The molecule has 1 nitrogen and oxygen atoms in total. The van der Waals surface area contributed by atoms with Crippen LogP contribution in [-0.4, -0.2) is 5.78 Å². The van der Waals surface area contributed by atoms with Crippen LogP contribution in [0.15, 0.2) is 0 Å². The van der Waals surface area contributed by atoms with Gasteiger partial charge in [0.2, 0.25) is 0 Å². The molecule has 18 heavy (non-hydrogen) atoms. The summed E-state index contributed by atoms with van der Waals surface area (Å²) in [5.74, 6) is 2.84. The molecule has 0 aromatic carbocycles. The second kappa shape index (κ2) is 4.65. The zero-order valence-corrected chi connectivity index (χ0v) is 12.9. The second-order valence-electron chi connectivity index (χ2n) is 7.72. The molecule has 1 heteroatoms. The Hall–Kier alpha value is -0.330. The van der Waals surface area contributed by atoms with Crippen molar-refractivity contribution in [3.63, 3.8) is 0 Å². The number of Topliss-reactive ketones (excluding diaryl/α,β-unsaturated/α-hetero) is 1. The normalized spacial score (nSPS) is 43.6. The summed E-state index contributed by atoms with van der Waals surface area (Å²) >= 11 is 0. The number of hydrogen-bond acceptors (Lipinski definition) is 1. The van der Waals surface area contributed by atoms with Gasteiger partial charge in [-0.15, -0.1) is 0 Å². The Balaban J connectivity index is 2.07. The van der Waals surface area contributed by atoms with Gasteiger partial charge in [-0.3, -0.25) is 4.79 Å². The quantitative estimate of drug-likeness (QED) is 0.700. The fraction of sp³-hybridized carbons (Fsp3) is 0.941. The molecule has 2 aliphatic carbocycles. The van der Waals surface area contributed by atoms with Gasteiger partial charge in [0, 0.05) is 12.8 Å². The molecule has 0 radical (unpaired) electrons. The maximum atomic E-state index is 11.6. The van der Waals surface area contributed by atoms with Gasteiger partial charge in [0.05, 0.1) is 0 Å².